The van der Waals surface area contributed by atoms with Crippen LogP contribution in [0.2, 0.25) is 0 Å². The average Bonchev–Trinajstić information content (AvgIpc) is 2.42. The first-order valence-electron chi connectivity index (χ1n) is 5.66. The Labute approximate surface area is 103 Å². The van der Waals surface area contributed by atoms with Crippen LogP contribution >= 0.6 is 8.07 Å². The van der Waals surface area contributed by atoms with Crippen molar-refractivity contribution in [2.75, 3.05) is 13.2 Å². The minimum atomic E-state index is -0.567. The quantitative estimate of drug-likeness (QED) is 0.784. The van der Waals surface area contributed by atoms with Crippen LogP contribution in [0.1, 0.15) is 0 Å². The van der Waals surface area contributed by atoms with E-state index in [0.717, 1.165) is 0 Å². The predicted octanol–water partition coefficient (Wildman–Crippen LogP) is 1.62. The van der Waals surface area contributed by atoms with Crippen LogP contribution < -0.4 is 15.7 Å². The van der Waals surface area contributed by atoms with Crippen LogP contribution in [-0.4, -0.2) is 18.3 Å². The minimum absolute atomic E-state index is 0.165. The second kappa shape index (κ2) is 6.51. The zero-order valence-corrected chi connectivity index (χ0v) is 10.5. The van der Waals surface area contributed by atoms with Crippen molar-refractivity contribution in [1.82, 2.24) is 5.09 Å². The normalized spacial score (nSPS) is 10.7. The number of hydrogen-bond acceptors (Lipinski definition) is 2. The molecule has 0 bridgehead atoms. The van der Waals surface area contributed by atoms with Gasteiger partial charge in [0.05, 0.1) is 6.61 Å². The second-order valence-corrected chi connectivity index (χ2v) is 5.66. The summed E-state index contributed by atoms with van der Waals surface area (Å²) in [7, 11) is -0.567. The molecule has 0 fully saturated rings. The van der Waals surface area contributed by atoms with Crippen molar-refractivity contribution < 1.29 is 5.11 Å². The number of hydrogen-bond donors (Lipinski definition) is 2. The van der Waals surface area contributed by atoms with Crippen LogP contribution in [0.15, 0.2) is 60.7 Å². The Morgan fingerprint density at radius 1 is 0.824 bits per heavy atom. The highest BCUT2D eigenvalue weighted by molar-refractivity contribution is 7.71. The van der Waals surface area contributed by atoms with Crippen molar-refractivity contribution in [3.8, 4) is 0 Å². The summed E-state index contributed by atoms with van der Waals surface area (Å²) in [5, 5.41) is 14.9. The molecular formula is C14H16NOP. The molecule has 88 valence electrons. The highest BCUT2D eigenvalue weighted by Crippen LogP contribution is 2.27. The molecule has 0 radical (unpaired) electrons. The summed E-state index contributed by atoms with van der Waals surface area (Å²) < 4.78 is 0. The number of aliphatic hydroxyl groups is 1. The number of aliphatic hydroxyl groups excluding tert-OH is 1. The average molecular weight is 245 g/mol. The maximum atomic E-state index is 8.96. The van der Waals surface area contributed by atoms with Gasteiger partial charge in [-0.2, -0.15) is 0 Å². The molecule has 17 heavy (non-hydrogen) atoms. The summed E-state index contributed by atoms with van der Waals surface area (Å²) in [6.07, 6.45) is 0. The third kappa shape index (κ3) is 3.37. The molecular weight excluding hydrogens is 229 g/mol. The molecule has 0 aliphatic carbocycles. The van der Waals surface area contributed by atoms with Crippen molar-refractivity contribution in [3.05, 3.63) is 60.7 Å². The molecule has 2 N–H and O–H groups in total. The van der Waals surface area contributed by atoms with E-state index in [1.807, 2.05) is 36.4 Å². The number of benzene rings is 2. The molecule has 2 rings (SSSR count). The van der Waals surface area contributed by atoms with Gasteiger partial charge < -0.3 is 5.11 Å². The zero-order valence-electron chi connectivity index (χ0n) is 9.58. The van der Waals surface area contributed by atoms with Crippen LogP contribution in [0.25, 0.3) is 0 Å². The molecule has 0 aromatic heterocycles. The van der Waals surface area contributed by atoms with E-state index in [0.29, 0.717) is 6.54 Å². The van der Waals surface area contributed by atoms with E-state index in [1.165, 1.54) is 10.6 Å². The second-order valence-electron chi connectivity index (χ2n) is 3.64. The molecule has 2 nitrogen and oxygen atoms in total. The molecule has 3 heteroatoms. The lowest BCUT2D eigenvalue weighted by Gasteiger charge is -2.19. The SMILES string of the molecule is OCCNP(c1ccccc1)c1ccccc1. The van der Waals surface area contributed by atoms with Crippen LogP contribution in [0.4, 0.5) is 0 Å². The predicted molar refractivity (Wildman–Crippen MR) is 74.2 cm³/mol. The summed E-state index contributed by atoms with van der Waals surface area (Å²) in [5.41, 5.74) is 0. The molecule has 0 saturated carbocycles. The van der Waals surface area contributed by atoms with E-state index in [1.54, 1.807) is 0 Å². The van der Waals surface area contributed by atoms with Gasteiger partial charge >= 0.3 is 0 Å². The third-order valence-corrected chi connectivity index (χ3v) is 4.58. The van der Waals surface area contributed by atoms with E-state index in [4.69, 9.17) is 5.11 Å². The van der Waals surface area contributed by atoms with Crippen LogP contribution in [0, 0.1) is 0 Å². The lowest BCUT2D eigenvalue weighted by atomic mass is 10.4. The van der Waals surface area contributed by atoms with E-state index < -0.39 is 8.07 Å². The highest BCUT2D eigenvalue weighted by Gasteiger charge is 2.11. The zero-order chi connectivity index (χ0) is 11.9. The van der Waals surface area contributed by atoms with Crippen LogP contribution in [0.3, 0.4) is 0 Å². The van der Waals surface area contributed by atoms with Gasteiger partial charge in [-0.1, -0.05) is 60.7 Å². The fraction of sp³-hybridized carbons (Fsp3) is 0.143. The smallest absolute Gasteiger partial charge is 0.0559 e. The van der Waals surface area contributed by atoms with Gasteiger partial charge in [0.15, 0.2) is 0 Å². The lowest BCUT2D eigenvalue weighted by Crippen LogP contribution is -2.25. The van der Waals surface area contributed by atoms with Gasteiger partial charge in [0.2, 0.25) is 0 Å². The Morgan fingerprint density at radius 2 is 1.29 bits per heavy atom. The van der Waals surface area contributed by atoms with Gasteiger partial charge in [0, 0.05) is 14.6 Å². The third-order valence-electron chi connectivity index (χ3n) is 2.41. The van der Waals surface area contributed by atoms with Gasteiger partial charge in [-0.15, -0.1) is 0 Å². The van der Waals surface area contributed by atoms with Gasteiger partial charge in [-0.05, 0) is 10.6 Å². The van der Waals surface area contributed by atoms with Crippen LogP contribution in [-0.2, 0) is 0 Å². The lowest BCUT2D eigenvalue weighted by molar-refractivity contribution is 0.302. The van der Waals surface area contributed by atoms with E-state index >= 15 is 0 Å². The standard InChI is InChI=1S/C14H16NOP/c16-12-11-15-17(13-7-3-1-4-8-13)14-9-5-2-6-10-14/h1-10,15-16H,11-12H2. The summed E-state index contributed by atoms with van der Waals surface area (Å²) >= 11 is 0. The van der Waals surface area contributed by atoms with Gasteiger partial charge in [-0.25, -0.2) is 0 Å². The molecule has 2 aromatic rings. The Kier molecular flexibility index (Phi) is 4.69. The van der Waals surface area contributed by atoms with Crippen LogP contribution in [0.5, 0.6) is 0 Å². The Bertz CT molecular complexity index is 393. The minimum Gasteiger partial charge on any atom is -0.395 e. The topological polar surface area (TPSA) is 32.3 Å². The summed E-state index contributed by atoms with van der Waals surface area (Å²) in [4.78, 5) is 0. The highest BCUT2D eigenvalue weighted by atomic mass is 31.1. The monoisotopic (exact) mass is 245 g/mol. The number of nitrogens with one attached hydrogen (secondary N) is 1. The molecule has 0 heterocycles. The van der Waals surface area contributed by atoms with E-state index in [9.17, 15) is 0 Å². The largest absolute Gasteiger partial charge is 0.395 e. The van der Waals surface area contributed by atoms with Crippen molar-refractivity contribution in [2.45, 2.75) is 0 Å². The summed E-state index contributed by atoms with van der Waals surface area (Å²) in [5.74, 6) is 0. The Morgan fingerprint density at radius 3 is 1.71 bits per heavy atom. The van der Waals surface area contributed by atoms with Gasteiger partial charge in [0.25, 0.3) is 0 Å². The first-order chi connectivity index (χ1) is 8.42. The van der Waals surface area contributed by atoms with Gasteiger partial charge in [0.1, 0.15) is 0 Å². The molecule has 0 amide bonds. The first kappa shape index (κ1) is 12.3. The molecule has 0 atom stereocenters. The summed E-state index contributed by atoms with van der Waals surface area (Å²) in [6.45, 7) is 0.786. The summed E-state index contributed by atoms with van der Waals surface area (Å²) in [6, 6.07) is 20.8. The molecule has 0 aliphatic heterocycles. The van der Waals surface area contributed by atoms with Crippen molar-refractivity contribution >= 4 is 18.7 Å². The van der Waals surface area contributed by atoms with Crippen molar-refractivity contribution in [2.24, 2.45) is 0 Å². The van der Waals surface area contributed by atoms with Crippen molar-refractivity contribution in [3.63, 3.8) is 0 Å². The Hall–Kier alpha value is -1.21. The molecule has 0 spiro atoms. The maximum Gasteiger partial charge on any atom is 0.0559 e. The Balaban J connectivity index is 2.26. The fourth-order valence-electron chi connectivity index (χ4n) is 1.65. The first-order valence-corrected chi connectivity index (χ1v) is 7.00. The molecule has 0 unspecified atom stereocenters. The van der Waals surface area contributed by atoms with Gasteiger partial charge in [-0.3, -0.25) is 5.09 Å². The number of rotatable bonds is 5. The molecule has 0 saturated heterocycles. The fourth-order valence-corrected chi connectivity index (χ4v) is 3.58. The molecule has 0 aliphatic rings. The van der Waals surface area contributed by atoms with E-state index in [-0.39, 0.29) is 6.61 Å². The van der Waals surface area contributed by atoms with Crippen molar-refractivity contribution in [1.29, 1.82) is 0 Å². The van der Waals surface area contributed by atoms with E-state index in [2.05, 4.69) is 29.4 Å². The maximum absolute atomic E-state index is 8.96. The molecule has 2 aromatic carbocycles.